The van der Waals surface area contributed by atoms with Crippen LogP contribution in [0, 0.1) is 6.92 Å². The molecule has 1 N–H and O–H groups in total. The van der Waals surface area contributed by atoms with Gasteiger partial charge in [0.2, 0.25) is 0 Å². The van der Waals surface area contributed by atoms with Gasteiger partial charge in [-0.1, -0.05) is 24.3 Å². The number of pyridine rings is 1. The number of H-pyrrole nitrogens is 1. The van der Waals surface area contributed by atoms with Crippen molar-refractivity contribution < 1.29 is 4.74 Å². The van der Waals surface area contributed by atoms with Crippen molar-refractivity contribution in [2.75, 3.05) is 26.3 Å². The molecule has 0 radical (unpaired) electrons. The van der Waals surface area contributed by atoms with E-state index in [1.54, 1.807) is 0 Å². The molecular formula is C19H21N3O. The quantitative estimate of drug-likeness (QED) is 0.807. The number of aromatic nitrogens is 2. The molecule has 1 atom stereocenters. The summed E-state index contributed by atoms with van der Waals surface area (Å²) in [5.41, 5.74) is 4.84. The SMILES string of the molecule is Cc1[nH]c2ccccc2c1C(c1ccccn1)N1CCOCC1. The van der Waals surface area contributed by atoms with Crippen molar-refractivity contribution in [2.24, 2.45) is 0 Å². The number of nitrogens with one attached hydrogen (secondary N) is 1. The average Bonchev–Trinajstić information content (AvgIpc) is 2.94. The molecule has 0 aliphatic carbocycles. The Kier molecular flexibility index (Phi) is 3.85. The van der Waals surface area contributed by atoms with Crippen molar-refractivity contribution in [3.05, 3.63) is 65.6 Å². The highest BCUT2D eigenvalue weighted by Crippen LogP contribution is 2.35. The van der Waals surface area contributed by atoms with Crippen molar-refractivity contribution in [3.63, 3.8) is 0 Å². The van der Waals surface area contributed by atoms with Crippen LogP contribution >= 0.6 is 0 Å². The monoisotopic (exact) mass is 307 g/mol. The van der Waals surface area contributed by atoms with Gasteiger partial charge in [0.05, 0.1) is 24.9 Å². The van der Waals surface area contributed by atoms with Crippen LogP contribution in [0.25, 0.3) is 10.9 Å². The maximum Gasteiger partial charge on any atom is 0.0801 e. The van der Waals surface area contributed by atoms with E-state index >= 15 is 0 Å². The van der Waals surface area contributed by atoms with Crippen LogP contribution in [-0.2, 0) is 4.74 Å². The summed E-state index contributed by atoms with van der Waals surface area (Å²) in [5, 5.41) is 1.28. The molecule has 4 nitrogen and oxygen atoms in total. The summed E-state index contributed by atoms with van der Waals surface area (Å²) in [7, 11) is 0. The first-order valence-corrected chi connectivity index (χ1v) is 8.14. The molecule has 1 aliphatic rings. The zero-order valence-electron chi connectivity index (χ0n) is 13.3. The summed E-state index contributed by atoms with van der Waals surface area (Å²) < 4.78 is 5.55. The Morgan fingerprint density at radius 1 is 1.09 bits per heavy atom. The van der Waals surface area contributed by atoms with Gasteiger partial charge in [0.15, 0.2) is 0 Å². The topological polar surface area (TPSA) is 41.2 Å². The molecule has 1 aliphatic heterocycles. The number of hydrogen-bond donors (Lipinski definition) is 1. The molecule has 0 saturated carbocycles. The zero-order valence-corrected chi connectivity index (χ0v) is 13.3. The van der Waals surface area contributed by atoms with Crippen LogP contribution in [0.2, 0.25) is 0 Å². The van der Waals surface area contributed by atoms with E-state index in [4.69, 9.17) is 4.74 Å². The van der Waals surface area contributed by atoms with Crippen LogP contribution in [-0.4, -0.2) is 41.2 Å². The Labute approximate surface area is 136 Å². The normalized spacial score (nSPS) is 17.4. The van der Waals surface area contributed by atoms with E-state index in [1.807, 2.05) is 12.3 Å². The number of para-hydroxylation sites is 1. The highest BCUT2D eigenvalue weighted by molar-refractivity contribution is 5.85. The molecule has 1 saturated heterocycles. The van der Waals surface area contributed by atoms with Crippen molar-refractivity contribution in [2.45, 2.75) is 13.0 Å². The van der Waals surface area contributed by atoms with Crippen LogP contribution in [0.1, 0.15) is 23.0 Å². The maximum absolute atomic E-state index is 5.55. The lowest BCUT2D eigenvalue weighted by Gasteiger charge is -2.34. The number of morpholine rings is 1. The number of nitrogens with zero attached hydrogens (tertiary/aromatic N) is 2. The van der Waals surface area contributed by atoms with E-state index in [2.05, 4.69) is 58.2 Å². The van der Waals surface area contributed by atoms with Crippen LogP contribution in [0.3, 0.4) is 0 Å². The molecule has 0 amide bonds. The van der Waals surface area contributed by atoms with Gasteiger partial charge in [-0.05, 0) is 25.1 Å². The third kappa shape index (κ3) is 2.64. The van der Waals surface area contributed by atoms with Gasteiger partial charge in [-0.2, -0.15) is 0 Å². The fourth-order valence-corrected chi connectivity index (χ4v) is 3.54. The van der Waals surface area contributed by atoms with Crippen LogP contribution < -0.4 is 0 Å². The molecular weight excluding hydrogens is 286 g/mol. The Balaban J connectivity index is 1.88. The molecule has 3 heterocycles. The number of benzene rings is 1. The van der Waals surface area contributed by atoms with Crippen molar-refractivity contribution in [1.82, 2.24) is 14.9 Å². The van der Waals surface area contributed by atoms with Gasteiger partial charge < -0.3 is 9.72 Å². The van der Waals surface area contributed by atoms with Gasteiger partial charge in [-0.25, -0.2) is 0 Å². The van der Waals surface area contributed by atoms with Gasteiger partial charge >= 0.3 is 0 Å². The van der Waals surface area contributed by atoms with Gasteiger partial charge in [-0.3, -0.25) is 9.88 Å². The standard InChI is InChI=1S/C19H21N3O/c1-14-18(15-6-2-3-7-16(15)21-14)19(17-8-4-5-9-20-17)22-10-12-23-13-11-22/h2-9,19,21H,10-13H2,1H3. The third-order valence-corrected chi connectivity index (χ3v) is 4.60. The summed E-state index contributed by atoms with van der Waals surface area (Å²) in [6.07, 6.45) is 1.88. The molecule has 3 aromatic rings. The number of rotatable bonds is 3. The second kappa shape index (κ2) is 6.14. The Morgan fingerprint density at radius 2 is 1.87 bits per heavy atom. The first-order chi connectivity index (χ1) is 11.3. The van der Waals surface area contributed by atoms with Gasteiger partial charge in [0, 0.05) is 41.4 Å². The Hall–Kier alpha value is -2.17. The fraction of sp³-hybridized carbons (Fsp3) is 0.316. The van der Waals surface area contributed by atoms with Gasteiger partial charge in [0.1, 0.15) is 0 Å². The lowest BCUT2D eigenvalue weighted by atomic mass is 9.97. The molecule has 1 aromatic carbocycles. The summed E-state index contributed by atoms with van der Waals surface area (Å²) >= 11 is 0. The number of fused-ring (bicyclic) bond motifs is 1. The second-order valence-electron chi connectivity index (χ2n) is 6.01. The molecule has 0 spiro atoms. The average molecular weight is 307 g/mol. The molecule has 1 fully saturated rings. The molecule has 0 bridgehead atoms. The highest BCUT2D eigenvalue weighted by atomic mass is 16.5. The molecule has 4 rings (SSSR count). The van der Waals surface area contributed by atoms with Crippen LogP contribution in [0.5, 0.6) is 0 Å². The number of ether oxygens (including phenoxy) is 1. The van der Waals surface area contributed by atoms with E-state index in [0.29, 0.717) is 0 Å². The number of hydrogen-bond acceptors (Lipinski definition) is 3. The van der Waals surface area contributed by atoms with Crippen molar-refractivity contribution in [1.29, 1.82) is 0 Å². The molecule has 118 valence electrons. The maximum atomic E-state index is 5.55. The Morgan fingerprint density at radius 3 is 2.65 bits per heavy atom. The molecule has 1 unspecified atom stereocenters. The van der Waals surface area contributed by atoms with Crippen LogP contribution in [0.15, 0.2) is 48.7 Å². The first kappa shape index (κ1) is 14.4. The van der Waals surface area contributed by atoms with Crippen molar-refractivity contribution in [3.8, 4) is 0 Å². The minimum atomic E-state index is 0.163. The predicted molar refractivity (Wildman–Crippen MR) is 91.5 cm³/mol. The summed E-state index contributed by atoms with van der Waals surface area (Å²) in [6.45, 7) is 5.58. The lowest BCUT2D eigenvalue weighted by Crippen LogP contribution is -2.40. The number of aromatic amines is 1. The molecule has 4 heteroatoms. The minimum absolute atomic E-state index is 0.163. The van der Waals surface area contributed by atoms with Gasteiger partial charge in [-0.15, -0.1) is 0 Å². The summed E-state index contributed by atoms with van der Waals surface area (Å²) in [6, 6.07) is 14.9. The van der Waals surface area contributed by atoms with E-state index < -0.39 is 0 Å². The van der Waals surface area contributed by atoms with Crippen LogP contribution in [0.4, 0.5) is 0 Å². The second-order valence-corrected chi connectivity index (χ2v) is 6.01. The van der Waals surface area contributed by atoms with E-state index in [1.165, 1.54) is 22.2 Å². The van der Waals surface area contributed by atoms with E-state index in [-0.39, 0.29) is 6.04 Å². The molecule has 23 heavy (non-hydrogen) atoms. The minimum Gasteiger partial charge on any atom is -0.379 e. The largest absolute Gasteiger partial charge is 0.379 e. The predicted octanol–water partition coefficient (Wildman–Crippen LogP) is 3.29. The third-order valence-electron chi connectivity index (χ3n) is 4.60. The summed E-state index contributed by atoms with van der Waals surface area (Å²) in [5.74, 6) is 0. The zero-order chi connectivity index (χ0) is 15.6. The fourth-order valence-electron chi connectivity index (χ4n) is 3.54. The first-order valence-electron chi connectivity index (χ1n) is 8.14. The van der Waals surface area contributed by atoms with E-state index in [9.17, 15) is 0 Å². The van der Waals surface area contributed by atoms with Crippen molar-refractivity contribution >= 4 is 10.9 Å². The Bertz CT molecular complexity index is 791. The summed E-state index contributed by atoms with van der Waals surface area (Å²) in [4.78, 5) is 10.7. The highest BCUT2D eigenvalue weighted by Gasteiger charge is 2.28. The number of aryl methyl sites for hydroxylation is 1. The van der Waals surface area contributed by atoms with E-state index in [0.717, 1.165) is 32.0 Å². The van der Waals surface area contributed by atoms with Gasteiger partial charge in [0.25, 0.3) is 0 Å². The lowest BCUT2D eigenvalue weighted by molar-refractivity contribution is 0.0234. The molecule has 2 aromatic heterocycles. The smallest absolute Gasteiger partial charge is 0.0801 e.